The third kappa shape index (κ3) is 4.64. The van der Waals surface area contributed by atoms with Crippen molar-refractivity contribution >= 4 is 11.9 Å². The van der Waals surface area contributed by atoms with Crippen molar-refractivity contribution in [3.8, 4) is 0 Å². The third-order valence-electron chi connectivity index (χ3n) is 3.26. The van der Waals surface area contributed by atoms with Crippen LogP contribution < -0.4 is 5.32 Å². The predicted octanol–water partition coefficient (Wildman–Crippen LogP) is 1.94. The Morgan fingerprint density at radius 3 is 2.44 bits per heavy atom. The Labute approximate surface area is 96.4 Å². The van der Waals surface area contributed by atoms with E-state index in [1.165, 1.54) is 39.0 Å². The fraction of sp³-hybridized carbons (Fsp3) is 0.833. The second-order valence-corrected chi connectivity index (χ2v) is 4.67. The van der Waals surface area contributed by atoms with E-state index in [4.69, 9.17) is 5.11 Å². The first-order valence-electron chi connectivity index (χ1n) is 6.09. The second-order valence-electron chi connectivity index (χ2n) is 4.67. The molecule has 1 saturated carbocycles. The van der Waals surface area contributed by atoms with Crippen LogP contribution in [0.1, 0.15) is 51.9 Å². The Bertz CT molecular complexity index is 247. The minimum absolute atomic E-state index is 0.268. The van der Waals surface area contributed by atoms with Gasteiger partial charge in [-0.1, -0.05) is 32.1 Å². The maximum Gasteiger partial charge on any atom is 0.326 e. The molecule has 92 valence electrons. The molecule has 1 atom stereocenters. The van der Waals surface area contributed by atoms with E-state index in [-0.39, 0.29) is 5.91 Å². The summed E-state index contributed by atoms with van der Waals surface area (Å²) < 4.78 is 0. The van der Waals surface area contributed by atoms with Crippen LogP contribution >= 0.6 is 0 Å². The molecule has 2 N–H and O–H groups in total. The summed E-state index contributed by atoms with van der Waals surface area (Å²) in [5.41, 5.74) is 0. The largest absolute Gasteiger partial charge is 0.480 e. The highest BCUT2D eigenvalue weighted by atomic mass is 16.4. The molecule has 1 rings (SSSR count). The van der Waals surface area contributed by atoms with Crippen molar-refractivity contribution in [2.75, 3.05) is 0 Å². The summed E-state index contributed by atoms with van der Waals surface area (Å²) in [6, 6.07) is -0.709. The van der Waals surface area contributed by atoms with Crippen LogP contribution in [-0.2, 0) is 9.59 Å². The normalized spacial score (nSPS) is 19.1. The predicted molar refractivity (Wildman–Crippen MR) is 61.0 cm³/mol. The average Bonchev–Trinajstić information content (AvgIpc) is 2.25. The summed E-state index contributed by atoms with van der Waals surface area (Å²) in [7, 11) is 0. The molecule has 0 aromatic carbocycles. The van der Waals surface area contributed by atoms with Crippen molar-refractivity contribution in [1.29, 1.82) is 0 Å². The molecule has 0 spiro atoms. The molecule has 0 aromatic heterocycles. The van der Waals surface area contributed by atoms with E-state index >= 15 is 0 Å². The molecule has 16 heavy (non-hydrogen) atoms. The number of hydrogen-bond donors (Lipinski definition) is 2. The molecule has 0 aliphatic heterocycles. The molecule has 4 heteroatoms. The Balaban J connectivity index is 2.30. The van der Waals surface area contributed by atoms with E-state index in [0.29, 0.717) is 12.3 Å². The monoisotopic (exact) mass is 227 g/mol. The zero-order valence-electron chi connectivity index (χ0n) is 9.87. The first-order chi connectivity index (χ1) is 7.59. The third-order valence-corrected chi connectivity index (χ3v) is 3.26. The lowest BCUT2D eigenvalue weighted by Gasteiger charge is -2.23. The van der Waals surface area contributed by atoms with Crippen LogP contribution in [0.2, 0.25) is 0 Å². The molecule has 0 saturated heterocycles. The van der Waals surface area contributed by atoms with Gasteiger partial charge in [0.15, 0.2) is 0 Å². The molecule has 1 aliphatic rings. The average molecular weight is 227 g/mol. The van der Waals surface area contributed by atoms with Crippen LogP contribution in [0.3, 0.4) is 0 Å². The van der Waals surface area contributed by atoms with Gasteiger partial charge in [-0.3, -0.25) is 4.79 Å². The molecule has 0 aromatic rings. The number of aliphatic carboxylic acids is 1. The summed E-state index contributed by atoms with van der Waals surface area (Å²) in [6.45, 7) is 1.36. The van der Waals surface area contributed by atoms with Gasteiger partial charge < -0.3 is 10.4 Å². The van der Waals surface area contributed by atoms with Gasteiger partial charge in [0.2, 0.25) is 5.91 Å². The summed E-state index contributed by atoms with van der Waals surface area (Å²) in [5.74, 6) is -0.536. The van der Waals surface area contributed by atoms with Crippen molar-refractivity contribution in [2.45, 2.75) is 57.9 Å². The lowest BCUT2D eigenvalue weighted by Crippen LogP contribution is -2.39. The molecule has 0 radical (unpaired) electrons. The number of carbonyl (C=O) groups is 2. The van der Waals surface area contributed by atoms with Crippen molar-refractivity contribution in [1.82, 2.24) is 5.32 Å². The molecular weight excluding hydrogens is 206 g/mol. The van der Waals surface area contributed by atoms with E-state index in [9.17, 15) is 9.59 Å². The van der Waals surface area contributed by atoms with Gasteiger partial charge in [-0.2, -0.15) is 0 Å². The smallest absolute Gasteiger partial charge is 0.326 e. The zero-order valence-corrected chi connectivity index (χ0v) is 9.87. The number of carboxylic acids is 1. The van der Waals surface area contributed by atoms with Crippen LogP contribution in [0.25, 0.3) is 0 Å². The topological polar surface area (TPSA) is 66.4 Å². The van der Waals surface area contributed by atoms with Gasteiger partial charge in [0.25, 0.3) is 0 Å². The Morgan fingerprint density at radius 1 is 1.31 bits per heavy atom. The highest BCUT2D eigenvalue weighted by Crippen LogP contribution is 2.27. The standard InChI is InChI=1S/C12H21NO3/c1-9(14)13-11(12(15)16)8-7-10-5-3-2-4-6-10/h10-11H,2-8H2,1H3,(H,13,14)(H,15,16)/t11-/m0/s1. The van der Waals surface area contributed by atoms with E-state index in [1.54, 1.807) is 0 Å². The SMILES string of the molecule is CC(=O)N[C@@H](CCC1CCCCC1)C(=O)O. The summed E-state index contributed by atoms with van der Waals surface area (Å²) in [6.07, 6.45) is 7.74. The lowest BCUT2D eigenvalue weighted by atomic mass is 9.85. The Kier molecular flexibility index (Phi) is 5.29. The quantitative estimate of drug-likeness (QED) is 0.754. The molecule has 4 nitrogen and oxygen atoms in total. The van der Waals surface area contributed by atoms with Crippen LogP contribution in [0.5, 0.6) is 0 Å². The number of rotatable bonds is 5. The summed E-state index contributed by atoms with van der Waals surface area (Å²) >= 11 is 0. The Morgan fingerprint density at radius 2 is 1.94 bits per heavy atom. The molecule has 1 amide bonds. The van der Waals surface area contributed by atoms with Gasteiger partial charge in [-0.15, -0.1) is 0 Å². The van der Waals surface area contributed by atoms with Crippen LogP contribution in [0, 0.1) is 5.92 Å². The van der Waals surface area contributed by atoms with Crippen molar-refractivity contribution in [2.24, 2.45) is 5.92 Å². The fourth-order valence-electron chi connectivity index (χ4n) is 2.38. The molecule has 1 aliphatic carbocycles. The van der Waals surface area contributed by atoms with Crippen molar-refractivity contribution < 1.29 is 14.7 Å². The van der Waals surface area contributed by atoms with E-state index < -0.39 is 12.0 Å². The maximum atomic E-state index is 10.9. The number of nitrogens with one attached hydrogen (secondary N) is 1. The van der Waals surface area contributed by atoms with Gasteiger partial charge >= 0.3 is 5.97 Å². The minimum Gasteiger partial charge on any atom is -0.480 e. The van der Waals surface area contributed by atoms with Crippen LogP contribution in [-0.4, -0.2) is 23.0 Å². The van der Waals surface area contributed by atoms with Gasteiger partial charge in [-0.05, 0) is 18.8 Å². The molecular formula is C12H21NO3. The van der Waals surface area contributed by atoms with E-state index in [1.807, 2.05) is 0 Å². The van der Waals surface area contributed by atoms with Crippen LogP contribution in [0.4, 0.5) is 0 Å². The van der Waals surface area contributed by atoms with Crippen molar-refractivity contribution in [3.05, 3.63) is 0 Å². The highest BCUT2D eigenvalue weighted by Gasteiger charge is 2.21. The number of amides is 1. The Hall–Kier alpha value is -1.06. The van der Waals surface area contributed by atoms with Gasteiger partial charge in [0.05, 0.1) is 0 Å². The summed E-state index contributed by atoms with van der Waals surface area (Å²) in [4.78, 5) is 21.7. The van der Waals surface area contributed by atoms with Crippen molar-refractivity contribution in [3.63, 3.8) is 0 Å². The van der Waals surface area contributed by atoms with Gasteiger partial charge in [0, 0.05) is 6.92 Å². The number of carboxylic acid groups (broad SMARTS) is 1. The first kappa shape index (κ1) is 13.0. The van der Waals surface area contributed by atoms with Gasteiger partial charge in [-0.25, -0.2) is 4.79 Å². The number of hydrogen-bond acceptors (Lipinski definition) is 2. The molecule has 0 unspecified atom stereocenters. The first-order valence-corrected chi connectivity index (χ1v) is 6.09. The highest BCUT2D eigenvalue weighted by molar-refractivity contribution is 5.81. The molecule has 1 fully saturated rings. The van der Waals surface area contributed by atoms with Crippen LogP contribution in [0.15, 0.2) is 0 Å². The molecule has 0 bridgehead atoms. The van der Waals surface area contributed by atoms with E-state index in [2.05, 4.69) is 5.32 Å². The lowest BCUT2D eigenvalue weighted by molar-refractivity contribution is -0.141. The summed E-state index contributed by atoms with van der Waals surface area (Å²) in [5, 5.41) is 11.4. The molecule has 0 heterocycles. The van der Waals surface area contributed by atoms with E-state index in [0.717, 1.165) is 6.42 Å². The van der Waals surface area contributed by atoms with Gasteiger partial charge in [0.1, 0.15) is 6.04 Å². The second kappa shape index (κ2) is 6.51. The minimum atomic E-state index is -0.925. The maximum absolute atomic E-state index is 10.9. The number of carbonyl (C=O) groups excluding carboxylic acids is 1. The zero-order chi connectivity index (χ0) is 12.0. The fourth-order valence-corrected chi connectivity index (χ4v) is 2.38.